The van der Waals surface area contributed by atoms with Gasteiger partial charge in [0.15, 0.2) is 5.82 Å². The molecule has 2 aromatic carbocycles. The fourth-order valence-electron chi connectivity index (χ4n) is 2.90. The van der Waals surface area contributed by atoms with E-state index in [1.807, 2.05) is 36.4 Å². The molecule has 0 aliphatic carbocycles. The summed E-state index contributed by atoms with van der Waals surface area (Å²) in [6, 6.07) is 16.1. The summed E-state index contributed by atoms with van der Waals surface area (Å²) in [6.45, 7) is 2.25. The highest BCUT2D eigenvalue weighted by atomic mass is 35.5. The minimum absolute atomic E-state index is 0.117. The van der Waals surface area contributed by atoms with Crippen molar-refractivity contribution >= 4 is 29.4 Å². The van der Waals surface area contributed by atoms with Crippen LogP contribution in [-0.2, 0) is 18.3 Å². The molecule has 29 heavy (non-hydrogen) atoms. The highest BCUT2D eigenvalue weighted by Gasteiger charge is 2.26. The zero-order valence-corrected chi connectivity index (χ0v) is 16.9. The van der Waals surface area contributed by atoms with Crippen molar-refractivity contribution in [3.8, 4) is 11.3 Å². The first-order chi connectivity index (χ1) is 14.0. The molecule has 2 N–H and O–H groups in total. The summed E-state index contributed by atoms with van der Waals surface area (Å²) in [5.41, 5.74) is 2.32. The van der Waals surface area contributed by atoms with Crippen LogP contribution in [-0.4, -0.2) is 28.4 Å². The second kappa shape index (κ2) is 9.25. The Labute approximate surface area is 173 Å². The van der Waals surface area contributed by atoms with Crippen molar-refractivity contribution in [2.75, 3.05) is 11.9 Å². The third-order valence-electron chi connectivity index (χ3n) is 4.15. The quantitative estimate of drug-likeness (QED) is 0.593. The lowest BCUT2D eigenvalue weighted by molar-refractivity contribution is 0.0528. The summed E-state index contributed by atoms with van der Waals surface area (Å²) in [4.78, 5) is 25.0. The Hall–Kier alpha value is -3.32. The van der Waals surface area contributed by atoms with Gasteiger partial charge in [-0.05, 0) is 24.6 Å². The van der Waals surface area contributed by atoms with Gasteiger partial charge in [0.05, 0.1) is 12.3 Å². The summed E-state index contributed by atoms with van der Waals surface area (Å²) in [7, 11) is 1.69. The molecule has 0 unspecified atom stereocenters. The first-order valence-electron chi connectivity index (χ1n) is 9.08. The van der Waals surface area contributed by atoms with Gasteiger partial charge in [0.1, 0.15) is 5.56 Å². The number of rotatable bonds is 6. The van der Waals surface area contributed by atoms with Crippen LogP contribution in [0, 0.1) is 0 Å². The Kier molecular flexibility index (Phi) is 6.51. The number of aryl methyl sites for hydroxylation is 1. The molecule has 7 nitrogen and oxygen atoms in total. The number of carbonyl (C=O) groups excluding carboxylic acids is 2. The van der Waals surface area contributed by atoms with Crippen molar-refractivity contribution in [3.63, 3.8) is 0 Å². The first kappa shape index (κ1) is 20.4. The maximum absolute atomic E-state index is 12.6. The molecular formula is C21H21ClN4O3. The van der Waals surface area contributed by atoms with Crippen molar-refractivity contribution in [2.24, 2.45) is 7.05 Å². The highest BCUT2D eigenvalue weighted by molar-refractivity contribution is 6.30. The molecule has 0 radical (unpaired) electrons. The number of aromatic nitrogens is 2. The van der Waals surface area contributed by atoms with E-state index in [2.05, 4.69) is 15.7 Å². The van der Waals surface area contributed by atoms with E-state index >= 15 is 0 Å². The number of ether oxygens (including phenoxy) is 1. The monoisotopic (exact) mass is 412 g/mol. The van der Waals surface area contributed by atoms with E-state index in [1.54, 1.807) is 32.2 Å². The molecule has 3 rings (SSSR count). The van der Waals surface area contributed by atoms with Gasteiger partial charge >= 0.3 is 12.0 Å². The lowest BCUT2D eigenvalue weighted by Gasteiger charge is -2.09. The molecule has 0 bridgehead atoms. The van der Waals surface area contributed by atoms with E-state index in [4.69, 9.17) is 16.3 Å². The van der Waals surface area contributed by atoms with Gasteiger partial charge in [-0.3, -0.25) is 10.00 Å². The van der Waals surface area contributed by atoms with Gasteiger partial charge in [0.2, 0.25) is 0 Å². The molecule has 0 saturated heterocycles. The van der Waals surface area contributed by atoms with Gasteiger partial charge in [0.25, 0.3) is 0 Å². The van der Waals surface area contributed by atoms with E-state index < -0.39 is 12.0 Å². The molecule has 8 heteroatoms. The molecule has 0 saturated carbocycles. The zero-order valence-electron chi connectivity index (χ0n) is 16.1. The number of urea groups is 1. The Morgan fingerprint density at radius 1 is 1.14 bits per heavy atom. The van der Waals surface area contributed by atoms with Crippen LogP contribution >= 0.6 is 11.6 Å². The van der Waals surface area contributed by atoms with Gasteiger partial charge in [-0.15, -0.1) is 0 Å². The van der Waals surface area contributed by atoms with E-state index in [9.17, 15) is 9.59 Å². The Morgan fingerprint density at radius 3 is 2.59 bits per heavy atom. The van der Waals surface area contributed by atoms with Crippen LogP contribution in [0.25, 0.3) is 11.3 Å². The molecule has 1 aromatic heterocycles. The molecular weight excluding hydrogens is 392 g/mol. The van der Waals surface area contributed by atoms with Gasteiger partial charge < -0.3 is 10.1 Å². The van der Waals surface area contributed by atoms with Crippen molar-refractivity contribution in [1.82, 2.24) is 15.1 Å². The summed E-state index contributed by atoms with van der Waals surface area (Å²) >= 11 is 6.11. The van der Waals surface area contributed by atoms with E-state index in [-0.39, 0.29) is 18.0 Å². The summed E-state index contributed by atoms with van der Waals surface area (Å²) < 4.78 is 6.71. The maximum Gasteiger partial charge on any atom is 0.344 e. The molecule has 0 aliphatic rings. The standard InChI is InChI=1S/C21H21ClN4O3/c1-3-29-20(27)17-18(15-10-7-11-16(22)12-15)26(2)25-19(17)24-21(28)23-13-14-8-5-4-6-9-14/h4-12H,3,13H2,1-2H3,(H2,23,24,25,28). The second-order valence-electron chi connectivity index (χ2n) is 6.22. The maximum atomic E-state index is 12.6. The SMILES string of the molecule is CCOC(=O)c1c(NC(=O)NCc2ccccc2)nn(C)c1-c1cccc(Cl)c1. The molecule has 0 atom stereocenters. The third kappa shape index (κ3) is 4.94. The number of benzene rings is 2. The van der Waals surface area contributed by atoms with Gasteiger partial charge in [0, 0.05) is 24.2 Å². The van der Waals surface area contributed by atoms with E-state index in [1.165, 1.54) is 4.68 Å². The average Bonchev–Trinajstić information content (AvgIpc) is 3.03. The fraction of sp³-hybridized carbons (Fsp3) is 0.190. The Balaban J connectivity index is 1.88. The van der Waals surface area contributed by atoms with Crippen LogP contribution in [0.5, 0.6) is 0 Å². The second-order valence-corrected chi connectivity index (χ2v) is 6.66. The predicted octanol–water partition coefficient (Wildman–Crippen LogP) is 4.24. The third-order valence-corrected chi connectivity index (χ3v) is 4.39. The van der Waals surface area contributed by atoms with Crippen LogP contribution < -0.4 is 10.6 Å². The van der Waals surface area contributed by atoms with Crippen molar-refractivity contribution in [2.45, 2.75) is 13.5 Å². The lowest BCUT2D eigenvalue weighted by atomic mass is 10.1. The number of esters is 1. The first-order valence-corrected chi connectivity index (χ1v) is 9.46. The fourth-order valence-corrected chi connectivity index (χ4v) is 3.10. The van der Waals surface area contributed by atoms with Crippen LogP contribution in [0.4, 0.5) is 10.6 Å². The minimum Gasteiger partial charge on any atom is -0.462 e. The number of carbonyl (C=O) groups is 2. The molecule has 0 aliphatic heterocycles. The van der Waals surface area contributed by atoms with Crippen LogP contribution in [0.15, 0.2) is 54.6 Å². The van der Waals surface area contributed by atoms with Crippen LogP contribution in [0.1, 0.15) is 22.8 Å². The number of nitrogens with zero attached hydrogens (tertiary/aromatic N) is 2. The number of hydrogen-bond acceptors (Lipinski definition) is 4. The van der Waals surface area contributed by atoms with E-state index in [0.29, 0.717) is 22.8 Å². The van der Waals surface area contributed by atoms with Crippen molar-refractivity contribution in [3.05, 3.63) is 70.7 Å². The summed E-state index contributed by atoms with van der Waals surface area (Å²) in [5.74, 6) is -0.458. The van der Waals surface area contributed by atoms with Gasteiger partial charge in [-0.1, -0.05) is 54.1 Å². The van der Waals surface area contributed by atoms with Gasteiger partial charge in [-0.25, -0.2) is 9.59 Å². The van der Waals surface area contributed by atoms with E-state index in [0.717, 1.165) is 5.56 Å². The summed E-state index contributed by atoms with van der Waals surface area (Å²) in [5, 5.41) is 10.2. The molecule has 3 aromatic rings. The average molecular weight is 413 g/mol. The number of halogens is 1. The number of anilines is 1. The largest absolute Gasteiger partial charge is 0.462 e. The molecule has 150 valence electrons. The Bertz CT molecular complexity index is 1020. The summed E-state index contributed by atoms with van der Waals surface area (Å²) in [6.07, 6.45) is 0. The minimum atomic E-state index is -0.575. The highest BCUT2D eigenvalue weighted by Crippen LogP contribution is 2.31. The molecule has 0 fully saturated rings. The molecule has 2 amide bonds. The van der Waals surface area contributed by atoms with Gasteiger partial charge in [-0.2, -0.15) is 5.10 Å². The van der Waals surface area contributed by atoms with Crippen molar-refractivity contribution < 1.29 is 14.3 Å². The van der Waals surface area contributed by atoms with Crippen LogP contribution in [0.3, 0.4) is 0 Å². The number of nitrogens with one attached hydrogen (secondary N) is 2. The van der Waals surface area contributed by atoms with Crippen LogP contribution in [0.2, 0.25) is 5.02 Å². The predicted molar refractivity (Wildman–Crippen MR) is 112 cm³/mol. The molecule has 1 heterocycles. The zero-order chi connectivity index (χ0) is 20.8. The number of amides is 2. The smallest absolute Gasteiger partial charge is 0.344 e. The number of hydrogen-bond donors (Lipinski definition) is 2. The topological polar surface area (TPSA) is 85.2 Å². The lowest BCUT2D eigenvalue weighted by Crippen LogP contribution is -2.29. The Morgan fingerprint density at radius 2 is 1.90 bits per heavy atom. The molecule has 0 spiro atoms. The normalized spacial score (nSPS) is 10.4. The van der Waals surface area contributed by atoms with Crippen molar-refractivity contribution in [1.29, 1.82) is 0 Å².